The lowest BCUT2D eigenvalue weighted by molar-refractivity contribution is 1.19. The average Bonchev–Trinajstić information content (AvgIpc) is 2.26. The third-order valence-corrected chi connectivity index (χ3v) is 3.20. The Morgan fingerprint density at radius 2 is 1.35 bits per heavy atom. The van der Waals surface area contributed by atoms with Gasteiger partial charge in [0.15, 0.2) is 0 Å². The van der Waals surface area contributed by atoms with Crippen LogP contribution in [0, 0.1) is 0 Å². The van der Waals surface area contributed by atoms with Crippen molar-refractivity contribution in [2.75, 3.05) is 11.5 Å². The highest BCUT2D eigenvalue weighted by atomic mass is 35.5. The number of benzene rings is 2. The van der Waals surface area contributed by atoms with E-state index >= 15 is 0 Å². The summed E-state index contributed by atoms with van der Waals surface area (Å²) >= 11 is 12.3. The Bertz CT molecular complexity index is 513. The molecule has 0 fully saturated rings. The predicted molar refractivity (Wildman–Crippen MR) is 74.5 cm³/mol. The molecule has 0 radical (unpaired) electrons. The lowest BCUT2D eigenvalue weighted by Crippen LogP contribution is -1.94. The summed E-state index contributed by atoms with van der Waals surface area (Å²) in [6, 6.07) is 11.0. The van der Waals surface area contributed by atoms with Gasteiger partial charge < -0.3 is 11.5 Å². The maximum absolute atomic E-state index is 6.13. The molecular formula is C13H12Cl2N2. The summed E-state index contributed by atoms with van der Waals surface area (Å²) in [6.07, 6.45) is 0.665. The fourth-order valence-corrected chi connectivity index (χ4v) is 2.27. The van der Waals surface area contributed by atoms with E-state index in [1.165, 1.54) is 0 Å². The van der Waals surface area contributed by atoms with E-state index in [0.29, 0.717) is 22.2 Å². The second-order valence-electron chi connectivity index (χ2n) is 3.88. The van der Waals surface area contributed by atoms with Gasteiger partial charge in [0.2, 0.25) is 0 Å². The molecule has 0 saturated carbocycles. The standard InChI is InChI=1S/C13H12Cl2N2/c14-12-6-10(17)7-13(15)11(12)5-8-1-3-9(16)4-2-8/h1-4,6-7H,5,16-17H2. The molecule has 4 heteroatoms. The summed E-state index contributed by atoms with van der Waals surface area (Å²) in [7, 11) is 0. The van der Waals surface area contributed by atoms with E-state index in [9.17, 15) is 0 Å². The third-order valence-electron chi connectivity index (χ3n) is 2.52. The monoisotopic (exact) mass is 266 g/mol. The topological polar surface area (TPSA) is 52.0 Å². The van der Waals surface area contributed by atoms with Gasteiger partial charge in [-0.25, -0.2) is 0 Å². The normalized spacial score (nSPS) is 10.5. The van der Waals surface area contributed by atoms with E-state index in [0.717, 1.165) is 16.8 Å². The van der Waals surface area contributed by atoms with Crippen LogP contribution in [0.3, 0.4) is 0 Å². The third kappa shape index (κ3) is 2.84. The molecule has 0 aromatic heterocycles. The Labute approximate surface area is 110 Å². The summed E-state index contributed by atoms with van der Waals surface area (Å²) < 4.78 is 0. The maximum Gasteiger partial charge on any atom is 0.0476 e. The molecule has 0 unspecified atom stereocenters. The van der Waals surface area contributed by atoms with Gasteiger partial charge in [-0.3, -0.25) is 0 Å². The van der Waals surface area contributed by atoms with Gasteiger partial charge in [0.1, 0.15) is 0 Å². The van der Waals surface area contributed by atoms with Crippen molar-refractivity contribution >= 4 is 34.6 Å². The molecule has 0 heterocycles. The molecule has 88 valence electrons. The van der Waals surface area contributed by atoms with Gasteiger partial charge in [0.05, 0.1) is 0 Å². The minimum absolute atomic E-state index is 0.570. The Balaban J connectivity index is 2.33. The molecule has 0 aliphatic heterocycles. The number of rotatable bonds is 2. The first-order chi connectivity index (χ1) is 8.06. The lowest BCUT2D eigenvalue weighted by Gasteiger charge is -2.08. The second-order valence-corrected chi connectivity index (χ2v) is 4.70. The van der Waals surface area contributed by atoms with Crippen LogP contribution in [-0.2, 0) is 6.42 Å². The molecule has 0 saturated heterocycles. The fraction of sp³-hybridized carbons (Fsp3) is 0.0769. The maximum atomic E-state index is 6.13. The Kier molecular flexibility index (Phi) is 3.46. The summed E-state index contributed by atoms with van der Waals surface area (Å²) in [6.45, 7) is 0. The quantitative estimate of drug-likeness (QED) is 0.814. The van der Waals surface area contributed by atoms with Crippen LogP contribution in [0.1, 0.15) is 11.1 Å². The SMILES string of the molecule is Nc1ccc(Cc2c(Cl)cc(N)cc2Cl)cc1. The van der Waals surface area contributed by atoms with Crippen molar-refractivity contribution in [3.8, 4) is 0 Å². The van der Waals surface area contributed by atoms with Crippen molar-refractivity contribution in [1.29, 1.82) is 0 Å². The molecule has 0 amide bonds. The van der Waals surface area contributed by atoms with Crippen molar-refractivity contribution in [3.63, 3.8) is 0 Å². The highest BCUT2D eigenvalue weighted by molar-refractivity contribution is 6.36. The number of hydrogen-bond donors (Lipinski definition) is 2. The molecule has 0 atom stereocenters. The zero-order valence-electron chi connectivity index (χ0n) is 9.08. The summed E-state index contributed by atoms with van der Waals surface area (Å²) in [5.41, 5.74) is 14.6. The summed E-state index contributed by atoms with van der Waals surface area (Å²) in [5, 5.41) is 1.18. The fourth-order valence-electron chi connectivity index (χ4n) is 1.63. The van der Waals surface area contributed by atoms with Crippen molar-refractivity contribution in [2.45, 2.75) is 6.42 Å². The van der Waals surface area contributed by atoms with Crippen LogP contribution in [0.25, 0.3) is 0 Å². The van der Waals surface area contributed by atoms with E-state index in [1.807, 2.05) is 24.3 Å². The number of anilines is 2. The van der Waals surface area contributed by atoms with Gasteiger partial charge in [-0.2, -0.15) is 0 Å². The van der Waals surface area contributed by atoms with Gasteiger partial charge in [-0.05, 0) is 35.4 Å². The van der Waals surface area contributed by atoms with E-state index < -0.39 is 0 Å². The van der Waals surface area contributed by atoms with Gasteiger partial charge in [-0.15, -0.1) is 0 Å². The zero-order chi connectivity index (χ0) is 12.4. The Hall–Kier alpha value is -1.38. The number of nitrogens with two attached hydrogens (primary N) is 2. The van der Waals surface area contributed by atoms with Crippen LogP contribution in [-0.4, -0.2) is 0 Å². The van der Waals surface area contributed by atoms with Crippen LogP contribution >= 0.6 is 23.2 Å². The van der Waals surface area contributed by atoms with E-state index in [1.54, 1.807) is 12.1 Å². The lowest BCUT2D eigenvalue weighted by atomic mass is 10.0. The second kappa shape index (κ2) is 4.86. The Morgan fingerprint density at radius 3 is 1.88 bits per heavy atom. The largest absolute Gasteiger partial charge is 0.399 e. The van der Waals surface area contributed by atoms with Gasteiger partial charge in [0, 0.05) is 27.8 Å². The minimum Gasteiger partial charge on any atom is -0.399 e. The molecule has 0 spiro atoms. The molecule has 2 nitrogen and oxygen atoms in total. The van der Waals surface area contributed by atoms with E-state index in [-0.39, 0.29) is 0 Å². The smallest absolute Gasteiger partial charge is 0.0476 e. The molecule has 0 aliphatic rings. The first-order valence-electron chi connectivity index (χ1n) is 5.14. The predicted octanol–water partition coefficient (Wildman–Crippen LogP) is 3.75. The molecule has 2 aromatic rings. The van der Waals surface area contributed by atoms with Crippen molar-refractivity contribution in [2.24, 2.45) is 0 Å². The van der Waals surface area contributed by atoms with Crippen LogP contribution in [0.15, 0.2) is 36.4 Å². The minimum atomic E-state index is 0.570. The highest BCUT2D eigenvalue weighted by Crippen LogP contribution is 2.29. The molecule has 0 bridgehead atoms. The van der Waals surface area contributed by atoms with Crippen LogP contribution < -0.4 is 11.5 Å². The van der Waals surface area contributed by atoms with Crippen LogP contribution in [0.4, 0.5) is 11.4 Å². The van der Waals surface area contributed by atoms with E-state index in [2.05, 4.69) is 0 Å². The number of halogens is 2. The molecule has 17 heavy (non-hydrogen) atoms. The van der Waals surface area contributed by atoms with Gasteiger partial charge in [0.25, 0.3) is 0 Å². The first kappa shape index (κ1) is 12.1. The first-order valence-corrected chi connectivity index (χ1v) is 5.89. The zero-order valence-corrected chi connectivity index (χ0v) is 10.6. The van der Waals surface area contributed by atoms with Crippen molar-refractivity contribution in [3.05, 3.63) is 57.6 Å². The number of hydrogen-bond acceptors (Lipinski definition) is 2. The molecule has 4 N–H and O–H groups in total. The summed E-state index contributed by atoms with van der Waals surface area (Å²) in [5.74, 6) is 0. The average molecular weight is 267 g/mol. The van der Waals surface area contributed by atoms with Crippen LogP contribution in [0.2, 0.25) is 10.0 Å². The van der Waals surface area contributed by atoms with Crippen molar-refractivity contribution in [1.82, 2.24) is 0 Å². The molecule has 2 aromatic carbocycles. The number of nitrogen functional groups attached to an aromatic ring is 2. The van der Waals surface area contributed by atoms with Gasteiger partial charge in [-0.1, -0.05) is 35.3 Å². The molecule has 0 aliphatic carbocycles. The summed E-state index contributed by atoms with van der Waals surface area (Å²) in [4.78, 5) is 0. The van der Waals surface area contributed by atoms with E-state index in [4.69, 9.17) is 34.7 Å². The highest BCUT2D eigenvalue weighted by Gasteiger charge is 2.08. The molecular weight excluding hydrogens is 255 g/mol. The Morgan fingerprint density at radius 1 is 0.824 bits per heavy atom. The van der Waals surface area contributed by atoms with Crippen molar-refractivity contribution < 1.29 is 0 Å². The van der Waals surface area contributed by atoms with Gasteiger partial charge >= 0.3 is 0 Å². The molecule has 2 rings (SSSR count). The van der Waals surface area contributed by atoms with Crippen LogP contribution in [0.5, 0.6) is 0 Å².